The Morgan fingerprint density at radius 2 is 2.00 bits per heavy atom. The van der Waals surface area contributed by atoms with Gasteiger partial charge >= 0.3 is 0 Å². The quantitative estimate of drug-likeness (QED) is 0.558. The third-order valence-corrected chi connectivity index (χ3v) is 3.75. The van der Waals surface area contributed by atoms with Gasteiger partial charge in [-0.1, -0.05) is 37.9 Å². The van der Waals surface area contributed by atoms with E-state index < -0.39 is 0 Å². The van der Waals surface area contributed by atoms with Crippen LogP contribution in [0.2, 0.25) is 0 Å². The van der Waals surface area contributed by atoms with E-state index in [-0.39, 0.29) is 5.54 Å². The van der Waals surface area contributed by atoms with Crippen LogP contribution in [-0.2, 0) is 6.54 Å². The van der Waals surface area contributed by atoms with E-state index in [1.165, 1.54) is 25.7 Å². The molecule has 0 aliphatic heterocycles. The molecule has 5 nitrogen and oxygen atoms in total. The Morgan fingerprint density at radius 1 is 1.21 bits per heavy atom. The lowest BCUT2D eigenvalue weighted by Crippen LogP contribution is -2.38. The maximum Gasteiger partial charge on any atom is 0.209 e. The summed E-state index contributed by atoms with van der Waals surface area (Å²) in [6, 6.07) is 0. The highest BCUT2D eigenvalue weighted by Crippen LogP contribution is 2.16. The van der Waals surface area contributed by atoms with Gasteiger partial charge in [0.25, 0.3) is 0 Å². The van der Waals surface area contributed by atoms with E-state index in [2.05, 4.69) is 48.5 Å². The zero-order valence-corrected chi connectivity index (χ0v) is 13.5. The van der Waals surface area contributed by atoms with Crippen molar-refractivity contribution in [2.24, 2.45) is 0 Å². The Balaban J connectivity index is 2.26. The molecule has 1 N–H and O–H groups in total. The van der Waals surface area contributed by atoms with E-state index in [0.29, 0.717) is 0 Å². The summed E-state index contributed by atoms with van der Waals surface area (Å²) in [5.41, 5.74) is 0.140. The summed E-state index contributed by atoms with van der Waals surface area (Å²) in [7, 11) is 0. The van der Waals surface area contributed by atoms with Crippen molar-refractivity contribution in [3.63, 3.8) is 0 Å². The van der Waals surface area contributed by atoms with E-state index in [1.54, 1.807) is 11.8 Å². The molecular weight excluding hydrogens is 258 g/mol. The fourth-order valence-electron chi connectivity index (χ4n) is 1.67. The van der Waals surface area contributed by atoms with Crippen molar-refractivity contribution in [3.05, 3.63) is 0 Å². The molecule has 19 heavy (non-hydrogen) atoms. The number of aromatic nitrogens is 4. The third-order valence-electron chi connectivity index (χ3n) is 2.71. The van der Waals surface area contributed by atoms with Crippen LogP contribution in [0.15, 0.2) is 5.16 Å². The van der Waals surface area contributed by atoms with Gasteiger partial charge in [-0.05, 0) is 37.6 Å². The van der Waals surface area contributed by atoms with Crippen molar-refractivity contribution >= 4 is 11.8 Å². The maximum absolute atomic E-state index is 4.09. The lowest BCUT2D eigenvalue weighted by Gasteiger charge is -2.20. The average Bonchev–Trinajstić information content (AvgIpc) is 2.75. The lowest BCUT2D eigenvalue weighted by molar-refractivity contribution is 0.396. The second-order valence-electron chi connectivity index (χ2n) is 5.77. The van der Waals surface area contributed by atoms with Crippen LogP contribution in [-0.4, -0.2) is 38.0 Å². The molecule has 0 aliphatic carbocycles. The van der Waals surface area contributed by atoms with Gasteiger partial charge in [-0.15, -0.1) is 5.10 Å². The summed E-state index contributed by atoms with van der Waals surface area (Å²) in [6.45, 7) is 10.4. The second-order valence-corrected chi connectivity index (χ2v) is 6.83. The van der Waals surface area contributed by atoms with Crippen molar-refractivity contribution in [3.8, 4) is 0 Å². The van der Waals surface area contributed by atoms with Crippen LogP contribution in [0, 0.1) is 0 Å². The molecule has 0 unspecified atom stereocenters. The van der Waals surface area contributed by atoms with Gasteiger partial charge in [-0.2, -0.15) is 0 Å². The van der Waals surface area contributed by atoms with Crippen LogP contribution >= 0.6 is 11.8 Å². The van der Waals surface area contributed by atoms with Crippen LogP contribution in [0.1, 0.15) is 53.4 Å². The van der Waals surface area contributed by atoms with Crippen molar-refractivity contribution in [2.45, 2.75) is 70.6 Å². The third kappa shape index (κ3) is 7.52. The highest BCUT2D eigenvalue weighted by Gasteiger charge is 2.10. The van der Waals surface area contributed by atoms with Gasteiger partial charge in [0, 0.05) is 17.8 Å². The predicted octanol–water partition coefficient (Wildman–Crippen LogP) is 2.73. The molecule has 0 saturated heterocycles. The molecule has 1 rings (SSSR count). The molecule has 1 heterocycles. The summed E-state index contributed by atoms with van der Waals surface area (Å²) in [5, 5.41) is 16.3. The first-order valence-corrected chi connectivity index (χ1v) is 8.15. The minimum Gasteiger partial charge on any atom is -0.310 e. The van der Waals surface area contributed by atoms with Gasteiger partial charge < -0.3 is 5.32 Å². The SMILES string of the molecule is CCCCCCSc1nnnn1CCNC(C)(C)C. The van der Waals surface area contributed by atoms with Crippen molar-refractivity contribution in [1.82, 2.24) is 25.5 Å². The Morgan fingerprint density at radius 3 is 2.68 bits per heavy atom. The molecule has 0 radical (unpaired) electrons. The number of tetrazole rings is 1. The average molecular weight is 285 g/mol. The molecule has 1 aromatic rings. The molecule has 0 bridgehead atoms. The van der Waals surface area contributed by atoms with E-state index in [0.717, 1.165) is 24.0 Å². The number of thioether (sulfide) groups is 1. The normalized spacial score (nSPS) is 12.0. The highest BCUT2D eigenvalue weighted by molar-refractivity contribution is 7.99. The second kappa shape index (κ2) is 8.53. The number of hydrogen-bond donors (Lipinski definition) is 1. The lowest BCUT2D eigenvalue weighted by atomic mass is 10.1. The number of nitrogens with zero attached hydrogens (tertiary/aromatic N) is 4. The standard InChI is InChI=1S/C13H27N5S/c1-5-6-7-8-11-19-12-15-16-17-18(12)10-9-14-13(2,3)4/h14H,5-11H2,1-4H3. The first-order valence-electron chi connectivity index (χ1n) is 7.17. The monoisotopic (exact) mass is 285 g/mol. The zero-order chi connectivity index (χ0) is 14.1. The largest absolute Gasteiger partial charge is 0.310 e. The zero-order valence-electron chi connectivity index (χ0n) is 12.6. The van der Waals surface area contributed by atoms with Crippen LogP contribution in [0.25, 0.3) is 0 Å². The van der Waals surface area contributed by atoms with Gasteiger partial charge in [0.15, 0.2) is 0 Å². The Labute approximate surface area is 120 Å². The molecule has 1 aromatic heterocycles. The minimum absolute atomic E-state index is 0.140. The van der Waals surface area contributed by atoms with Crippen LogP contribution < -0.4 is 5.32 Å². The van der Waals surface area contributed by atoms with Gasteiger partial charge in [0.05, 0.1) is 6.54 Å². The summed E-state index contributed by atoms with van der Waals surface area (Å²) < 4.78 is 1.89. The molecule has 6 heteroatoms. The van der Waals surface area contributed by atoms with E-state index in [9.17, 15) is 0 Å². The Kier molecular flexibility index (Phi) is 7.38. The Hall–Kier alpha value is -0.620. The molecule has 0 aromatic carbocycles. The van der Waals surface area contributed by atoms with Crippen molar-refractivity contribution in [1.29, 1.82) is 0 Å². The number of unbranched alkanes of at least 4 members (excludes halogenated alkanes) is 3. The molecule has 0 amide bonds. The first-order chi connectivity index (χ1) is 9.03. The molecule has 0 spiro atoms. The smallest absolute Gasteiger partial charge is 0.209 e. The summed E-state index contributed by atoms with van der Waals surface area (Å²) in [4.78, 5) is 0. The number of hydrogen-bond acceptors (Lipinski definition) is 5. The molecule has 0 atom stereocenters. The molecular formula is C13H27N5S. The molecule has 110 valence electrons. The van der Waals surface area contributed by atoms with E-state index in [4.69, 9.17) is 0 Å². The van der Waals surface area contributed by atoms with Gasteiger partial charge in [-0.3, -0.25) is 0 Å². The Bertz CT molecular complexity index is 345. The first kappa shape index (κ1) is 16.4. The fraction of sp³-hybridized carbons (Fsp3) is 0.923. The van der Waals surface area contributed by atoms with Gasteiger partial charge in [0.1, 0.15) is 0 Å². The van der Waals surface area contributed by atoms with Crippen LogP contribution in [0.5, 0.6) is 0 Å². The van der Waals surface area contributed by atoms with Crippen molar-refractivity contribution < 1.29 is 0 Å². The summed E-state index contributed by atoms with van der Waals surface area (Å²) >= 11 is 1.76. The maximum atomic E-state index is 4.09. The van der Waals surface area contributed by atoms with Crippen LogP contribution in [0.4, 0.5) is 0 Å². The van der Waals surface area contributed by atoms with E-state index in [1.807, 2.05) is 4.68 Å². The molecule has 0 fully saturated rings. The van der Waals surface area contributed by atoms with Crippen molar-refractivity contribution in [2.75, 3.05) is 12.3 Å². The van der Waals surface area contributed by atoms with Gasteiger partial charge in [0.2, 0.25) is 5.16 Å². The van der Waals surface area contributed by atoms with Gasteiger partial charge in [-0.25, -0.2) is 4.68 Å². The topological polar surface area (TPSA) is 55.6 Å². The minimum atomic E-state index is 0.140. The van der Waals surface area contributed by atoms with E-state index >= 15 is 0 Å². The highest BCUT2D eigenvalue weighted by atomic mass is 32.2. The summed E-state index contributed by atoms with van der Waals surface area (Å²) in [6.07, 6.45) is 5.14. The fourth-order valence-corrected chi connectivity index (χ4v) is 2.57. The van der Waals surface area contributed by atoms with Crippen LogP contribution in [0.3, 0.4) is 0 Å². The number of nitrogens with one attached hydrogen (secondary N) is 1. The summed E-state index contributed by atoms with van der Waals surface area (Å²) in [5.74, 6) is 1.10. The molecule has 0 aliphatic rings. The number of rotatable bonds is 9. The molecule has 0 saturated carbocycles. The predicted molar refractivity (Wildman–Crippen MR) is 80.4 cm³/mol.